The van der Waals surface area contributed by atoms with Crippen molar-refractivity contribution in [3.8, 4) is 0 Å². The van der Waals surface area contributed by atoms with Gasteiger partial charge in [0.2, 0.25) is 5.95 Å². The van der Waals surface area contributed by atoms with Crippen molar-refractivity contribution in [2.24, 2.45) is 5.92 Å². The normalized spacial score (nSPS) is 17.5. The molecule has 4 nitrogen and oxygen atoms in total. The van der Waals surface area contributed by atoms with Gasteiger partial charge in [-0.05, 0) is 32.6 Å². The molecule has 2 rings (SSSR count). The van der Waals surface area contributed by atoms with Crippen LogP contribution in [0.15, 0.2) is 6.07 Å². The third kappa shape index (κ3) is 2.19. The number of hydrogen-bond acceptors (Lipinski definition) is 4. The molecule has 15 heavy (non-hydrogen) atoms. The van der Waals surface area contributed by atoms with E-state index in [-0.39, 0.29) is 0 Å². The van der Waals surface area contributed by atoms with E-state index in [4.69, 9.17) is 5.73 Å². The molecule has 0 spiro atoms. The molecule has 4 heteroatoms. The van der Waals surface area contributed by atoms with Gasteiger partial charge in [0, 0.05) is 24.8 Å². The Kier molecular flexibility index (Phi) is 2.50. The van der Waals surface area contributed by atoms with Crippen LogP contribution in [0, 0.1) is 12.8 Å². The van der Waals surface area contributed by atoms with Gasteiger partial charge in [-0.25, -0.2) is 4.98 Å². The molecule has 0 aromatic carbocycles. The smallest absolute Gasteiger partial charge is 0.222 e. The zero-order chi connectivity index (χ0) is 11.0. The van der Waals surface area contributed by atoms with Crippen molar-refractivity contribution >= 4 is 11.8 Å². The molecule has 82 valence electrons. The van der Waals surface area contributed by atoms with E-state index >= 15 is 0 Å². The first-order chi connectivity index (χ1) is 7.08. The van der Waals surface area contributed by atoms with Crippen molar-refractivity contribution < 1.29 is 0 Å². The Morgan fingerprint density at radius 2 is 2.13 bits per heavy atom. The molecule has 1 saturated carbocycles. The summed E-state index contributed by atoms with van der Waals surface area (Å²) >= 11 is 0. The molecule has 0 bridgehead atoms. The Labute approximate surface area is 90.5 Å². The highest BCUT2D eigenvalue weighted by Crippen LogP contribution is 2.35. The van der Waals surface area contributed by atoms with E-state index in [1.165, 1.54) is 12.8 Å². The summed E-state index contributed by atoms with van der Waals surface area (Å²) < 4.78 is 0. The van der Waals surface area contributed by atoms with Crippen molar-refractivity contribution in [2.75, 3.05) is 17.7 Å². The molecule has 1 aliphatic rings. The minimum atomic E-state index is 0.361. The lowest BCUT2D eigenvalue weighted by molar-refractivity contribution is 0.603. The predicted molar refractivity (Wildman–Crippen MR) is 61.8 cm³/mol. The zero-order valence-electron chi connectivity index (χ0n) is 9.57. The molecule has 1 aromatic rings. The van der Waals surface area contributed by atoms with E-state index in [1.54, 1.807) is 0 Å². The van der Waals surface area contributed by atoms with Crippen molar-refractivity contribution in [2.45, 2.75) is 32.7 Å². The third-order valence-electron chi connectivity index (χ3n) is 3.13. The molecule has 1 fully saturated rings. The highest BCUT2D eigenvalue weighted by molar-refractivity contribution is 5.43. The fourth-order valence-electron chi connectivity index (χ4n) is 1.86. The first-order valence-electron chi connectivity index (χ1n) is 5.42. The van der Waals surface area contributed by atoms with E-state index in [0.29, 0.717) is 12.0 Å². The number of nitrogens with two attached hydrogens (primary N) is 1. The number of nitrogen functional groups attached to an aromatic ring is 1. The van der Waals surface area contributed by atoms with Crippen molar-refractivity contribution in [3.05, 3.63) is 11.8 Å². The SMILES string of the molecule is Cc1cc(N(C)C(C)C2CC2)nc(N)n1. The molecular formula is C11H18N4. The quantitative estimate of drug-likeness (QED) is 0.816. The zero-order valence-corrected chi connectivity index (χ0v) is 9.57. The number of nitrogens with zero attached hydrogens (tertiary/aromatic N) is 3. The number of aryl methyl sites for hydroxylation is 1. The Morgan fingerprint density at radius 3 is 2.67 bits per heavy atom. The fourth-order valence-corrected chi connectivity index (χ4v) is 1.86. The number of aromatic nitrogens is 2. The number of anilines is 2. The van der Waals surface area contributed by atoms with Gasteiger partial charge in [0.15, 0.2) is 0 Å². The lowest BCUT2D eigenvalue weighted by Gasteiger charge is -2.26. The predicted octanol–water partition coefficient (Wildman–Crippen LogP) is 1.60. The Bertz CT molecular complexity index is 339. The van der Waals surface area contributed by atoms with Gasteiger partial charge >= 0.3 is 0 Å². The maximum atomic E-state index is 5.64. The number of hydrogen-bond donors (Lipinski definition) is 1. The Morgan fingerprint density at radius 1 is 1.47 bits per heavy atom. The second-order valence-electron chi connectivity index (χ2n) is 4.41. The molecule has 0 saturated heterocycles. The van der Waals surface area contributed by atoms with Gasteiger partial charge in [-0.1, -0.05) is 0 Å². The summed E-state index contributed by atoms with van der Waals surface area (Å²) in [7, 11) is 2.07. The number of rotatable bonds is 3. The van der Waals surface area contributed by atoms with Crippen LogP contribution in [0.1, 0.15) is 25.5 Å². The molecule has 1 unspecified atom stereocenters. The maximum absolute atomic E-state index is 5.64. The minimum Gasteiger partial charge on any atom is -0.368 e. The van der Waals surface area contributed by atoms with E-state index < -0.39 is 0 Å². The van der Waals surface area contributed by atoms with Crippen LogP contribution in [0.25, 0.3) is 0 Å². The highest BCUT2D eigenvalue weighted by Gasteiger charge is 2.31. The lowest BCUT2D eigenvalue weighted by atomic mass is 10.2. The molecular weight excluding hydrogens is 188 g/mol. The topological polar surface area (TPSA) is 55.0 Å². The largest absolute Gasteiger partial charge is 0.368 e. The summed E-state index contributed by atoms with van der Waals surface area (Å²) in [6.45, 7) is 4.18. The van der Waals surface area contributed by atoms with Crippen LogP contribution in [0.5, 0.6) is 0 Å². The summed E-state index contributed by atoms with van der Waals surface area (Å²) in [4.78, 5) is 10.5. The van der Waals surface area contributed by atoms with Crippen LogP contribution in [-0.4, -0.2) is 23.1 Å². The van der Waals surface area contributed by atoms with E-state index in [0.717, 1.165) is 17.4 Å². The van der Waals surface area contributed by atoms with Crippen LogP contribution in [0.4, 0.5) is 11.8 Å². The summed E-state index contributed by atoms with van der Waals surface area (Å²) in [5, 5.41) is 0. The van der Waals surface area contributed by atoms with Crippen molar-refractivity contribution in [1.29, 1.82) is 0 Å². The second kappa shape index (κ2) is 3.68. The van der Waals surface area contributed by atoms with Crippen LogP contribution in [-0.2, 0) is 0 Å². The Balaban J connectivity index is 2.19. The van der Waals surface area contributed by atoms with Gasteiger partial charge in [0.1, 0.15) is 5.82 Å². The average Bonchev–Trinajstić information content (AvgIpc) is 2.97. The first-order valence-corrected chi connectivity index (χ1v) is 5.42. The van der Waals surface area contributed by atoms with Crippen molar-refractivity contribution in [1.82, 2.24) is 9.97 Å². The van der Waals surface area contributed by atoms with E-state index in [2.05, 4.69) is 28.8 Å². The van der Waals surface area contributed by atoms with Gasteiger partial charge in [0.25, 0.3) is 0 Å². The summed E-state index contributed by atoms with van der Waals surface area (Å²) in [5.41, 5.74) is 6.56. The first kappa shape index (κ1) is 10.2. The average molecular weight is 206 g/mol. The molecule has 1 atom stereocenters. The molecule has 2 N–H and O–H groups in total. The van der Waals surface area contributed by atoms with E-state index in [9.17, 15) is 0 Å². The fraction of sp³-hybridized carbons (Fsp3) is 0.636. The molecule has 0 aliphatic heterocycles. The van der Waals surface area contributed by atoms with Crippen molar-refractivity contribution in [3.63, 3.8) is 0 Å². The van der Waals surface area contributed by atoms with Gasteiger partial charge < -0.3 is 10.6 Å². The standard InChI is InChI=1S/C11H18N4/c1-7-6-10(14-11(12)13-7)15(3)8(2)9-4-5-9/h6,8-9H,4-5H2,1-3H3,(H2,12,13,14). The van der Waals surface area contributed by atoms with Crippen LogP contribution < -0.4 is 10.6 Å². The van der Waals surface area contributed by atoms with Gasteiger partial charge in [0.05, 0.1) is 0 Å². The molecule has 1 aliphatic carbocycles. The Hall–Kier alpha value is -1.32. The molecule has 1 aromatic heterocycles. The van der Waals surface area contributed by atoms with E-state index in [1.807, 2.05) is 13.0 Å². The minimum absolute atomic E-state index is 0.361. The summed E-state index contributed by atoms with van der Waals surface area (Å²) in [6.07, 6.45) is 2.68. The monoisotopic (exact) mass is 206 g/mol. The van der Waals surface area contributed by atoms with Gasteiger partial charge in [-0.2, -0.15) is 4.98 Å². The van der Waals surface area contributed by atoms with Crippen LogP contribution >= 0.6 is 0 Å². The molecule has 1 heterocycles. The lowest BCUT2D eigenvalue weighted by Crippen LogP contribution is -2.31. The second-order valence-corrected chi connectivity index (χ2v) is 4.41. The highest BCUT2D eigenvalue weighted by atomic mass is 15.2. The maximum Gasteiger partial charge on any atom is 0.222 e. The summed E-state index contributed by atoms with van der Waals surface area (Å²) in [5.74, 6) is 2.12. The van der Waals surface area contributed by atoms with Gasteiger partial charge in [-0.3, -0.25) is 0 Å². The third-order valence-corrected chi connectivity index (χ3v) is 3.13. The summed E-state index contributed by atoms with van der Waals surface area (Å²) in [6, 6.07) is 2.52. The van der Waals surface area contributed by atoms with Crippen LogP contribution in [0.2, 0.25) is 0 Å². The molecule has 0 radical (unpaired) electrons. The van der Waals surface area contributed by atoms with Gasteiger partial charge in [-0.15, -0.1) is 0 Å². The van der Waals surface area contributed by atoms with Crippen LogP contribution in [0.3, 0.4) is 0 Å². The molecule has 0 amide bonds.